The van der Waals surface area contributed by atoms with E-state index in [2.05, 4.69) is 231 Å². The Bertz CT molecular complexity index is 3000. The van der Waals surface area contributed by atoms with E-state index in [9.17, 15) is 0 Å². The zero-order valence-electron chi connectivity index (χ0n) is 34.9. The van der Waals surface area contributed by atoms with Gasteiger partial charge in [-0.2, -0.15) is 0 Å². The highest BCUT2D eigenvalue weighted by molar-refractivity contribution is 6.00. The molecule has 1 atom stereocenters. The van der Waals surface area contributed by atoms with Gasteiger partial charge in [0, 0.05) is 34.5 Å². The molecule has 0 aromatic heterocycles. The molecular weight excluding hydrogens is 755 g/mol. The third-order valence-electron chi connectivity index (χ3n) is 12.0. The molecule has 2 aliphatic heterocycles. The summed E-state index contributed by atoms with van der Waals surface area (Å²) in [5.41, 5.74) is 15.6. The minimum Gasteiger partial charge on any atom is -0.493 e. The molecule has 0 radical (unpaired) electrons. The summed E-state index contributed by atoms with van der Waals surface area (Å²) in [7, 11) is 0. The maximum Gasteiger partial charge on any atom is 0.127 e. The van der Waals surface area contributed by atoms with E-state index in [-0.39, 0.29) is 6.10 Å². The summed E-state index contributed by atoms with van der Waals surface area (Å²) in [5.74, 6) is 1.81. The normalized spacial score (nSPS) is 16.9. The SMILES string of the molecule is C=C1/C=C\CCOc2ccc3ccc(-c4cccc(-c5ccc(N(c6ccc(C7=C(C)OC8CC=CC=C8/C=C/C=C7)cc6)c6ccccc6-c6ccccc6)cc5)c4)cc3c21. The van der Waals surface area contributed by atoms with E-state index in [1.54, 1.807) is 0 Å². The number of fused-ring (bicyclic) bond motifs is 4. The van der Waals surface area contributed by atoms with Gasteiger partial charge >= 0.3 is 0 Å². The van der Waals surface area contributed by atoms with Gasteiger partial charge in [-0.25, -0.2) is 0 Å². The second kappa shape index (κ2) is 17.2. The second-order valence-electron chi connectivity index (χ2n) is 16.0. The lowest BCUT2D eigenvalue weighted by atomic mass is 9.93. The number of anilines is 3. The van der Waals surface area contributed by atoms with Crippen molar-refractivity contribution in [3.05, 3.63) is 241 Å². The van der Waals surface area contributed by atoms with Crippen LogP contribution in [0.3, 0.4) is 0 Å². The molecule has 1 unspecified atom stereocenters. The molecule has 2 heterocycles. The molecule has 7 aromatic rings. The average Bonchev–Trinajstić information content (AvgIpc) is 3.40. The molecule has 10 rings (SSSR count). The van der Waals surface area contributed by atoms with Crippen LogP contribution in [0.2, 0.25) is 0 Å². The topological polar surface area (TPSA) is 21.7 Å². The van der Waals surface area contributed by atoms with Gasteiger partial charge in [-0.1, -0.05) is 170 Å². The molecule has 7 aromatic carbocycles. The Morgan fingerprint density at radius 2 is 1.26 bits per heavy atom. The Labute approximate surface area is 364 Å². The fourth-order valence-electron chi connectivity index (χ4n) is 8.82. The third kappa shape index (κ3) is 7.77. The first-order valence-corrected chi connectivity index (χ1v) is 21.5. The summed E-state index contributed by atoms with van der Waals surface area (Å²) >= 11 is 0. The monoisotopic (exact) mass is 801 g/mol. The van der Waals surface area contributed by atoms with Crippen LogP contribution in [0, 0.1) is 0 Å². The van der Waals surface area contributed by atoms with Crippen molar-refractivity contribution < 1.29 is 9.47 Å². The Hall–Kier alpha value is -7.62. The predicted molar refractivity (Wildman–Crippen MR) is 261 cm³/mol. The molecule has 0 saturated heterocycles. The molecule has 3 nitrogen and oxygen atoms in total. The molecule has 0 bridgehead atoms. The molecule has 0 saturated carbocycles. The molecule has 62 heavy (non-hydrogen) atoms. The van der Waals surface area contributed by atoms with Crippen molar-refractivity contribution in [3.63, 3.8) is 0 Å². The smallest absolute Gasteiger partial charge is 0.127 e. The van der Waals surface area contributed by atoms with Crippen LogP contribution in [0.15, 0.2) is 230 Å². The number of hydrogen-bond donors (Lipinski definition) is 0. The van der Waals surface area contributed by atoms with Crippen LogP contribution in [0.5, 0.6) is 5.75 Å². The summed E-state index contributed by atoms with van der Waals surface area (Å²) in [6.45, 7) is 7.14. The second-order valence-corrected chi connectivity index (χ2v) is 16.0. The zero-order valence-corrected chi connectivity index (χ0v) is 34.9. The molecule has 0 fully saturated rings. The van der Waals surface area contributed by atoms with Crippen LogP contribution in [0.25, 0.3) is 55.3 Å². The van der Waals surface area contributed by atoms with Crippen molar-refractivity contribution >= 4 is 39.0 Å². The van der Waals surface area contributed by atoms with E-state index < -0.39 is 0 Å². The first-order valence-electron chi connectivity index (χ1n) is 21.5. The Kier molecular flexibility index (Phi) is 10.7. The molecule has 0 N–H and O–H groups in total. The van der Waals surface area contributed by atoms with Crippen molar-refractivity contribution in [2.45, 2.75) is 25.9 Å². The lowest BCUT2D eigenvalue weighted by molar-refractivity contribution is 0.152. The van der Waals surface area contributed by atoms with Crippen molar-refractivity contribution in [3.8, 4) is 39.1 Å². The molecule has 1 aliphatic carbocycles. The molecule has 0 amide bonds. The lowest BCUT2D eigenvalue weighted by Gasteiger charge is -2.28. The molecular formula is C59H47NO2. The van der Waals surface area contributed by atoms with Gasteiger partial charge in [0.25, 0.3) is 0 Å². The average molecular weight is 802 g/mol. The fourth-order valence-corrected chi connectivity index (χ4v) is 8.82. The van der Waals surface area contributed by atoms with Gasteiger partial charge in [0.1, 0.15) is 17.6 Å². The maximum atomic E-state index is 6.59. The highest BCUT2D eigenvalue weighted by Gasteiger charge is 2.21. The standard InChI is InChI=1S/C59H47NO2/c1-41-15-12-13-38-61-58-37-32-46-26-27-50(40-55(46)59(41)58)49-21-14-20-48(39-49)43-28-33-51(34-29-43)60(56-24-10-9-23-54(56)44-16-4-3-5-17-44)52-35-30-45(31-36-52)53-22-8-6-18-47-19-7-11-25-57(47)62-42(53)2/h3-12,14-24,26-37,39-40,57H,1,13,25,38H2,2H3/b15-12-,18-6+,22-8?,53-42?. The number of hydrogen-bond acceptors (Lipinski definition) is 3. The van der Waals surface area contributed by atoms with E-state index in [0.717, 1.165) is 96.9 Å². The van der Waals surface area contributed by atoms with Gasteiger partial charge in [-0.15, -0.1) is 0 Å². The fraction of sp³-hybridized carbons (Fsp3) is 0.0847. The largest absolute Gasteiger partial charge is 0.493 e. The van der Waals surface area contributed by atoms with Gasteiger partial charge in [-0.3, -0.25) is 0 Å². The summed E-state index contributed by atoms with van der Waals surface area (Å²) in [6, 6.07) is 56.9. The molecule has 3 aliphatic rings. The number of ether oxygens (including phenoxy) is 2. The minimum absolute atomic E-state index is 0.00776. The van der Waals surface area contributed by atoms with Crippen LogP contribution in [-0.4, -0.2) is 12.7 Å². The third-order valence-corrected chi connectivity index (χ3v) is 12.0. The quantitative estimate of drug-likeness (QED) is 0.160. The van der Waals surface area contributed by atoms with Crippen molar-refractivity contribution in [2.75, 3.05) is 11.5 Å². The number of allylic oxidation sites excluding steroid dienone is 9. The summed E-state index contributed by atoms with van der Waals surface area (Å²) in [4.78, 5) is 2.37. The number of para-hydroxylation sites is 1. The summed E-state index contributed by atoms with van der Waals surface area (Å²) in [6.07, 6.45) is 21.0. The summed E-state index contributed by atoms with van der Waals surface area (Å²) in [5, 5.41) is 2.32. The lowest BCUT2D eigenvalue weighted by Crippen LogP contribution is -2.15. The minimum atomic E-state index is 0.00776. The molecule has 0 spiro atoms. The predicted octanol–water partition coefficient (Wildman–Crippen LogP) is 15.8. The maximum absolute atomic E-state index is 6.59. The molecule has 3 heteroatoms. The first-order chi connectivity index (χ1) is 30.6. The highest BCUT2D eigenvalue weighted by atomic mass is 16.5. The Balaban J connectivity index is 1.01. The first kappa shape index (κ1) is 38.6. The Morgan fingerprint density at radius 3 is 2.08 bits per heavy atom. The van der Waals surface area contributed by atoms with Crippen molar-refractivity contribution in [1.29, 1.82) is 0 Å². The van der Waals surface area contributed by atoms with E-state index >= 15 is 0 Å². The van der Waals surface area contributed by atoms with E-state index in [1.165, 1.54) is 16.5 Å². The van der Waals surface area contributed by atoms with Gasteiger partial charge in [0.2, 0.25) is 0 Å². The van der Waals surface area contributed by atoms with E-state index in [0.29, 0.717) is 6.61 Å². The zero-order chi connectivity index (χ0) is 41.8. The number of benzene rings is 7. The van der Waals surface area contributed by atoms with Crippen LogP contribution in [-0.2, 0) is 4.74 Å². The van der Waals surface area contributed by atoms with Crippen molar-refractivity contribution in [1.82, 2.24) is 0 Å². The van der Waals surface area contributed by atoms with Gasteiger partial charge in [0.15, 0.2) is 0 Å². The molecule has 300 valence electrons. The van der Waals surface area contributed by atoms with E-state index in [1.807, 2.05) is 0 Å². The number of nitrogens with zero attached hydrogens (tertiary/aromatic N) is 1. The number of rotatable bonds is 7. The van der Waals surface area contributed by atoms with Crippen LogP contribution in [0.4, 0.5) is 17.1 Å². The van der Waals surface area contributed by atoms with Crippen LogP contribution >= 0.6 is 0 Å². The highest BCUT2D eigenvalue weighted by Crippen LogP contribution is 2.43. The summed E-state index contributed by atoms with van der Waals surface area (Å²) < 4.78 is 12.8. The van der Waals surface area contributed by atoms with Gasteiger partial charge in [-0.05, 0) is 117 Å². The van der Waals surface area contributed by atoms with Gasteiger partial charge < -0.3 is 14.4 Å². The van der Waals surface area contributed by atoms with Crippen molar-refractivity contribution in [2.24, 2.45) is 0 Å². The van der Waals surface area contributed by atoms with Crippen LogP contribution < -0.4 is 9.64 Å². The Morgan fingerprint density at radius 1 is 0.581 bits per heavy atom. The van der Waals surface area contributed by atoms with Gasteiger partial charge in [0.05, 0.1) is 12.3 Å². The van der Waals surface area contributed by atoms with Crippen LogP contribution in [0.1, 0.15) is 30.9 Å². The van der Waals surface area contributed by atoms with E-state index in [4.69, 9.17) is 9.47 Å².